The molecular formula is C18H18N2O. The predicted molar refractivity (Wildman–Crippen MR) is 85.6 cm³/mol. The molecule has 1 aromatic heterocycles. The number of nitrogens with one attached hydrogen (secondary N) is 1. The van der Waals surface area contributed by atoms with Crippen molar-refractivity contribution in [2.24, 2.45) is 0 Å². The Kier molecular flexibility index (Phi) is 3.84. The van der Waals surface area contributed by atoms with Gasteiger partial charge >= 0.3 is 0 Å². The first-order valence-corrected chi connectivity index (χ1v) is 6.98. The highest BCUT2D eigenvalue weighted by atomic mass is 16.5. The van der Waals surface area contributed by atoms with Crippen LogP contribution in [0.4, 0.5) is 0 Å². The molecular weight excluding hydrogens is 260 g/mol. The second-order valence-corrected chi connectivity index (χ2v) is 4.92. The highest BCUT2D eigenvalue weighted by molar-refractivity contribution is 5.82. The minimum atomic E-state index is 0.106. The maximum absolute atomic E-state index is 5.23. The van der Waals surface area contributed by atoms with Crippen molar-refractivity contribution in [3.05, 3.63) is 71.9 Å². The van der Waals surface area contributed by atoms with E-state index in [1.807, 2.05) is 31.4 Å². The Hall–Kier alpha value is -2.39. The number of aromatic nitrogens is 1. The molecule has 0 aliphatic carbocycles. The Balaban J connectivity index is 2.09. The van der Waals surface area contributed by atoms with Gasteiger partial charge in [-0.3, -0.25) is 4.98 Å². The number of fused-ring (bicyclic) bond motifs is 1. The number of benzene rings is 2. The highest BCUT2D eigenvalue weighted by Crippen LogP contribution is 2.28. The fourth-order valence-electron chi connectivity index (χ4n) is 2.66. The van der Waals surface area contributed by atoms with Gasteiger partial charge in [-0.1, -0.05) is 36.4 Å². The van der Waals surface area contributed by atoms with Crippen LogP contribution < -0.4 is 10.1 Å². The SMILES string of the molecule is CNC(c1ccc(OC)cc1)c1cccc2cccnc12. The van der Waals surface area contributed by atoms with Crippen LogP contribution in [0.1, 0.15) is 17.2 Å². The maximum atomic E-state index is 5.23. The standard InChI is InChI=1S/C18H18N2O/c1-19-17(14-8-10-15(21-2)11-9-14)16-7-3-5-13-6-4-12-20-18(13)16/h3-12,17,19H,1-2H3. The van der Waals surface area contributed by atoms with E-state index in [-0.39, 0.29) is 6.04 Å². The topological polar surface area (TPSA) is 34.1 Å². The van der Waals surface area contributed by atoms with E-state index in [0.717, 1.165) is 16.7 Å². The molecule has 2 aromatic carbocycles. The normalized spacial score (nSPS) is 12.3. The Morgan fingerprint density at radius 1 is 1.00 bits per heavy atom. The molecule has 3 nitrogen and oxygen atoms in total. The lowest BCUT2D eigenvalue weighted by atomic mass is 9.96. The third-order valence-corrected chi connectivity index (χ3v) is 3.71. The molecule has 0 fully saturated rings. The van der Waals surface area contributed by atoms with E-state index in [1.165, 1.54) is 11.1 Å². The van der Waals surface area contributed by atoms with Gasteiger partial charge in [-0.2, -0.15) is 0 Å². The van der Waals surface area contributed by atoms with E-state index in [4.69, 9.17) is 4.74 Å². The van der Waals surface area contributed by atoms with Gasteiger partial charge in [0.15, 0.2) is 0 Å². The summed E-state index contributed by atoms with van der Waals surface area (Å²) in [7, 11) is 3.65. The first-order chi connectivity index (χ1) is 10.3. The molecule has 0 bridgehead atoms. The number of rotatable bonds is 4. The molecule has 0 radical (unpaired) electrons. The molecule has 1 heterocycles. The van der Waals surface area contributed by atoms with E-state index in [0.29, 0.717) is 0 Å². The molecule has 3 rings (SSSR count). The average Bonchev–Trinajstić information content (AvgIpc) is 2.56. The van der Waals surface area contributed by atoms with E-state index in [9.17, 15) is 0 Å². The Labute approximate surface area is 124 Å². The number of methoxy groups -OCH3 is 1. The summed E-state index contributed by atoms with van der Waals surface area (Å²) < 4.78 is 5.23. The van der Waals surface area contributed by atoms with Crippen molar-refractivity contribution in [3.63, 3.8) is 0 Å². The zero-order chi connectivity index (χ0) is 14.7. The van der Waals surface area contributed by atoms with Gasteiger partial charge in [0.25, 0.3) is 0 Å². The van der Waals surface area contributed by atoms with Crippen molar-refractivity contribution >= 4 is 10.9 Å². The Bertz CT molecular complexity index is 732. The molecule has 1 N–H and O–H groups in total. The number of hydrogen-bond acceptors (Lipinski definition) is 3. The molecule has 1 unspecified atom stereocenters. The highest BCUT2D eigenvalue weighted by Gasteiger charge is 2.15. The molecule has 0 saturated heterocycles. The van der Waals surface area contributed by atoms with E-state index < -0.39 is 0 Å². The Morgan fingerprint density at radius 2 is 1.76 bits per heavy atom. The maximum Gasteiger partial charge on any atom is 0.118 e. The lowest BCUT2D eigenvalue weighted by Gasteiger charge is -2.19. The van der Waals surface area contributed by atoms with Crippen LogP contribution >= 0.6 is 0 Å². The molecule has 0 aliphatic rings. The third-order valence-electron chi connectivity index (χ3n) is 3.71. The van der Waals surface area contributed by atoms with E-state index in [1.54, 1.807) is 7.11 Å². The second kappa shape index (κ2) is 5.94. The van der Waals surface area contributed by atoms with Crippen molar-refractivity contribution in [3.8, 4) is 5.75 Å². The smallest absolute Gasteiger partial charge is 0.118 e. The van der Waals surface area contributed by atoms with Crippen LogP contribution in [0.5, 0.6) is 5.75 Å². The van der Waals surface area contributed by atoms with Crippen LogP contribution in [0.2, 0.25) is 0 Å². The van der Waals surface area contributed by atoms with Gasteiger partial charge in [0.05, 0.1) is 18.7 Å². The molecule has 3 heteroatoms. The monoisotopic (exact) mass is 278 g/mol. The Morgan fingerprint density at radius 3 is 2.48 bits per heavy atom. The van der Waals surface area contributed by atoms with Crippen molar-refractivity contribution in [1.29, 1.82) is 0 Å². The van der Waals surface area contributed by atoms with Crippen molar-refractivity contribution < 1.29 is 4.74 Å². The van der Waals surface area contributed by atoms with E-state index >= 15 is 0 Å². The van der Waals surface area contributed by atoms with Crippen LogP contribution in [0.3, 0.4) is 0 Å². The minimum Gasteiger partial charge on any atom is -0.497 e. The molecule has 106 valence electrons. The molecule has 3 aromatic rings. The number of pyridine rings is 1. The fourth-order valence-corrected chi connectivity index (χ4v) is 2.66. The largest absolute Gasteiger partial charge is 0.497 e. The zero-order valence-electron chi connectivity index (χ0n) is 12.2. The lowest BCUT2D eigenvalue weighted by molar-refractivity contribution is 0.414. The molecule has 0 amide bonds. The first kappa shape index (κ1) is 13.6. The van der Waals surface area contributed by atoms with Crippen LogP contribution in [-0.2, 0) is 0 Å². The quantitative estimate of drug-likeness (QED) is 0.792. The fraction of sp³-hybridized carbons (Fsp3) is 0.167. The summed E-state index contributed by atoms with van der Waals surface area (Å²) in [5.74, 6) is 0.865. The minimum absolute atomic E-state index is 0.106. The van der Waals surface area contributed by atoms with Crippen molar-refractivity contribution in [2.45, 2.75) is 6.04 Å². The van der Waals surface area contributed by atoms with Gasteiger partial charge in [-0.25, -0.2) is 0 Å². The summed E-state index contributed by atoms with van der Waals surface area (Å²) in [6, 6.07) is 18.6. The number of nitrogens with zero attached hydrogens (tertiary/aromatic N) is 1. The summed E-state index contributed by atoms with van der Waals surface area (Å²) in [5, 5.41) is 4.54. The number of para-hydroxylation sites is 1. The van der Waals surface area contributed by atoms with Crippen LogP contribution in [-0.4, -0.2) is 19.1 Å². The summed E-state index contributed by atoms with van der Waals surface area (Å²) >= 11 is 0. The molecule has 0 spiro atoms. The van der Waals surface area contributed by atoms with E-state index in [2.05, 4.69) is 46.7 Å². The van der Waals surface area contributed by atoms with Crippen LogP contribution in [0, 0.1) is 0 Å². The average molecular weight is 278 g/mol. The van der Waals surface area contributed by atoms with Gasteiger partial charge < -0.3 is 10.1 Å². The van der Waals surface area contributed by atoms with Gasteiger partial charge in [-0.05, 0) is 36.4 Å². The molecule has 0 saturated carbocycles. The zero-order valence-corrected chi connectivity index (χ0v) is 12.2. The van der Waals surface area contributed by atoms with Crippen LogP contribution in [0.25, 0.3) is 10.9 Å². The third kappa shape index (κ3) is 2.60. The number of hydrogen-bond donors (Lipinski definition) is 1. The van der Waals surface area contributed by atoms with Crippen LogP contribution in [0.15, 0.2) is 60.8 Å². The summed E-state index contributed by atoms with van der Waals surface area (Å²) in [6.45, 7) is 0. The van der Waals surface area contributed by atoms with Gasteiger partial charge in [0, 0.05) is 11.6 Å². The van der Waals surface area contributed by atoms with Crippen molar-refractivity contribution in [2.75, 3.05) is 14.2 Å². The summed E-state index contributed by atoms with van der Waals surface area (Å²) in [4.78, 5) is 4.54. The second-order valence-electron chi connectivity index (χ2n) is 4.92. The molecule has 0 aliphatic heterocycles. The van der Waals surface area contributed by atoms with Gasteiger partial charge in [-0.15, -0.1) is 0 Å². The number of ether oxygens (including phenoxy) is 1. The van der Waals surface area contributed by atoms with Crippen molar-refractivity contribution in [1.82, 2.24) is 10.3 Å². The summed E-state index contributed by atoms with van der Waals surface area (Å²) in [5.41, 5.74) is 3.41. The predicted octanol–water partition coefficient (Wildman–Crippen LogP) is 3.55. The lowest BCUT2D eigenvalue weighted by Crippen LogP contribution is -2.18. The molecule has 1 atom stereocenters. The van der Waals surface area contributed by atoms with Gasteiger partial charge in [0.2, 0.25) is 0 Å². The van der Waals surface area contributed by atoms with Gasteiger partial charge in [0.1, 0.15) is 5.75 Å². The summed E-state index contributed by atoms with van der Waals surface area (Å²) in [6.07, 6.45) is 1.84. The molecule has 21 heavy (non-hydrogen) atoms. The first-order valence-electron chi connectivity index (χ1n) is 6.98.